The van der Waals surface area contributed by atoms with Crippen LogP contribution in [0.1, 0.15) is 32.0 Å². The zero-order chi connectivity index (χ0) is 17.3. The van der Waals surface area contributed by atoms with Gasteiger partial charge in [0.05, 0.1) is 22.3 Å². The normalized spacial score (nSPS) is 10.6. The number of hydrogen-bond donors (Lipinski definition) is 2. The number of para-hydroxylation sites is 2. The Morgan fingerprint density at radius 2 is 1.67 bits per heavy atom. The Morgan fingerprint density at radius 1 is 0.958 bits per heavy atom. The number of fused-ring (bicyclic) bond motifs is 1. The molecule has 0 fully saturated rings. The molecule has 3 aromatic rings. The van der Waals surface area contributed by atoms with Gasteiger partial charge in [-0.3, -0.25) is 9.78 Å². The number of rotatable bonds is 3. The van der Waals surface area contributed by atoms with Crippen molar-refractivity contribution in [2.24, 2.45) is 0 Å². The molecular formula is C19H16N2O3. The number of aromatic nitrogens is 1. The number of amides is 1. The highest BCUT2D eigenvalue weighted by Crippen LogP contribution is 2.23. The molecule has 0 aliphatic carbocycles. The lowest BCUT2D eigenvalue weighted by atomic mass is 10.1. The summed E-state index contributed by atoms with van der Waals surface area (Å²) in [7, 11) is 0. The maximum atomic E-state index is 12.7. The van der Waals surface area contributed by atoms with Crippen LogP contribution in [0, 0.1) is 13.8 Å². The van der Waals surface area contributed by atoms with Crippen molar-refractivity contribution in [3.05, 3.63) is 70.9 Å². The van der Waals surface area contributed by atoms with Crippen molar-refractivity contribution in [2.45, 2.75) is 13.8 Å². The summed E-state index contributed by atoms with van der Waals surface area (Å²) in [5, 5.41) is 12.9. The Labute approximate surface area is 139 Å². The molecule has 0 atom stereocenters. The quantitative estimate of drug-likeness (QED) is 0.769. The molecule has 3 rings (SSSR count). The second-order valence-electron chi connectivity index (χ2n) is 5.59. The summed E-state index contributed by atoms with van der Waals surface area (Å²) in [6.45, 7) is 3.62. The molecular weight excluding hydrogens is 304 g/mol. The number of nitrogens with zero attached hydrogens (tertiary/aromatic N) is 1. The van der Waals surface area contributed by atoms with Crippen LogP contribution < -0.4 is 5.32 Å². The van der Waals surface area contributed by atoms with Gasteiger partial charge in [0.25, 0.3) is 5.91 Å². The maximum absolute atomic E-state index is 12.7. The van der Waals surface area contributed by atoms with Crippen LogP contribution in [0.5, 0.6) is 0 Å². The lowest BCUT2D eigenvalue weighted by Gasteiger charge is -2.12. The van der Waals surface area contributed by atoms with Gasteiger partial charge in [0.2, 0.25) is 0 Å². The smallest absolute Gasteiger partial charge is 0.337 e. The lowest BCUT2D eigenvalue weighted by molar-refractivity contribution is 0.0698. The van der Waals surface area contributed by atoms with Crippen molar-refractivity contribution in [1.82, 2.24) is 4.98 Å². The number of carboxylic acid groups (broad SMARTS) is 1. The predicted octanol–water partition coefficient (Wildman–Crippen LogP) is 3.80. The van der Waals surface area contributed by atoms with Gasteiger partial charge in [-0.15, -0.1) is 0 Å². The van der Waals surface area contributed by atoms with E-state index in [9.17, 15) is 14.7 Å². The summed E-state index contributed by atoms with van der Waals surface area (Å²) in [5.41, 5.74) is 2.88. The zero-order valence-corrected chi connectivity index (χ0v) is 13.3. The van der Waals surface area contributed by atoms with Gasteiger partial charge in [0.1, 0.15) is 0 Å². The van der Waals surface area contributed by atoms with Crippen LogP contribution in [0.4, 0.5) is 5.69 Å². The molecule has 2 aromatic carbocycles. The minimum atomic E-state index is -1.08. The Hall–Kier alpha value is -3.21. The van der Waals surface area contributed by atoms with Gasteiger partial charge in [0, 0.05) is 11.1 Å². The Bertz CT molecular complexity index is 964. The van der Waals surface area contributed by atoms with Crippen molar-refractivity contribution in [3.8, 4) is 0 Å². The number of nitrogens with one attached hydrogen (secondary N) is 1. The summed E-state index contributed by atoms with van der Waals surface area (Å²) in [4.78, 5) is 28.5. The number of carbonyl (C=O) groups is 2. The molecule has 5 heteroatoms. The molecule has 0 radical (unpaired) electrons. The molecule has 1 heterocycles. The van der Waals surface area contributed by atoms with Crippen molar-refractivity contribution in [1.29, 1.82) is 0 Å². The molecule has 0 spiro atoms. The second-order valence-corrected chi connectivity index (χ2v) is 5.59. The maximum Gasteiger partial charge on any atom is 0.337 e. The first-order valence-electron chi connectivity index (χ1n) is 7.48. The molecule has 0 unspecified atom stereocenters. The molecule has 0 bridgehead atoms. The third-order valence-corrected chi connectivity index (χ3v) is 3.85. The molecule has 0 saturated heterocycles. The van der Waals surface area contributed by atoms with Crippen LogP contribution in [0.25, 0.3) is 10.9 Å². The molecule has 2 N–H and O–H groups in total. The fourth-order valence-electron chi connectivity index (χ4n) is 2.62. The van der Waals surface area contributed by atoms with E-state index in [1.807, 2.05) is 25.1 Å². The van der Waals surface area contributed by atoms with E-state index in [0.29, 0.717) is 22.3 Å². The summed E-state index contributed by atoms with van der Waals surface area (Å²) in [6, 6.07) is 14.0. The van der Waals surface area contributed by atoms with Crippen LogP contribution in [-0.2, 0) is 0 Å². The minimum absolute atomic E-state index is 0.0627. The van der Waals surface area contributed by atoms with E-state index in [1.54, 1.807) is 31.2 Å². The molecule has 120 valence electrons. The summed E-state index contributed by atoms with van der Waals surface area (Å²) in [5.74, 6) is -1.46. The Kier molecular flexibility index (Phi) is 4.00. The highest BCUT2D eigenvalue weighted by Gasteiger charge is 2.17. The average molecular weight is 320 g/mol. The van der Waals surface area contributed by atoms with E-state index < -0.39 is 5.97 Å². The van der Waals surface area contributed by atoms with Gasteiger partial charge < -0.3 is 10.4 Å². The standard InChI is InChI=1S/C19H16N2O3/c1-11-5-3-8-15(19(23)24)16(11)21-18(22)14-7-4-6-13-10-9-12(2)20-17(13)14/h3-10H,1-2H3,(H,21,22)(H,23,24). The summed E-state index contributed by atoms with van der Waals surface area (Å²) in [6.07, 6.45) is 0. The second kappa shape index (κ2) is 6.12. The van der Waals surface area contributed by atoms with E-state index in [4.69, 9.17) is 0 Å². The van der Waals surface area contributed by atoms with Gasteiger partial charge in [-0.05, 0) is 37.6 Å². The average Bonchev–Trinajstić information content (AvgIpc) is 2.55. The molecule has 0 aliphatic rings. The number of pyridine rings is 1. The zero-order valence-electron chi connectivity index (χ0n) is 13.3. The van der Waals surface area contributed by atoms with Crippen LogP contribution in [-0.4, -0.2) is 22.0 Å². The lowest BCUT2D eigenvalue weighted by Crippen LogP contribution is -2.16. The van der Waals surface area contributed by atoms with Crippen LogP contribution in [0.2, 0.25) is 0 Å². The van der Waals surface area contributed by atoms with E-state index in [1.165, 1.54) is 6.07 Å². The topological polar surface area (TPSA) is 79.3 Å². The van der Waals surface area contributed by atoms with E-state index in [2.05, 4.69) is 10.3 Å². The highest BCUT2D eigenvalue weighted by atomic mass is 16.4. The van der Waals surface area contributed by atoms with Gasteiger partial charge >= 0.3 is 5.97 Å². The predicted molar refractivity (Wildman–Crippen MR) is 92.6 cm³/mol. The van der Waals surface area contributed by atoms with Crippen molar-refractivity contribution in [3.63, 3.8) is 0 Å². The first-order valence-corrected chi connectivity index (χ1v) is 7.48. The van der Waals surface area contributed by atoms with Gasteiger partial charge in [-0.2, -0.15) is 0 Å². The van der Waals surface area contributed by atoms with Crippen LogP contribution in [0.15, 0.2) is 48.5 Å². The molecule has 1 amide bonds. The molecule has 5 nitrogen and oxygen atoms in total. The minimum Gasteiger partial charge on any atom is -0.478 e. The number of carboxylic acids is 1. The van der Waals surface area contributed by atoms with E-state index in [-0.39, 0.29) is 11.5 Å². The molecule has 0 saturated carbocycles. The molecule has 0 aliphatic heterocycles. The highest BCUT2D eigenvalue weighted by molar-refractivity contribution is 6.13. The number of aryl methyl sites for hydroxylation is 2. The van der Waals surface area contributed by atoms with Crippen molar-refractivity contribution in [2.75, 3.05) is 5.32 Å². The van der Waals surface area contributed by atoms with Crippen molar-refractivity contribution < 1.29 is 14.7 Å². The van der Waals surface area contributed by atoms with E-state index >= 15 is 0 Å². The number of benzene rings is 2. The third-order valence-electron chi connectivity index (χ3n) is 3.85. The first kappa shape index (κ1) is 15.7. The Morgan fingerprint density at radius 3 is 2.42 bits per heavy atom. The number of aromatic carboxylic acids is 1. The van der Waals surface area contributed by atoms with Crippen molar-refractivity contribution >= 4 is 28.5 Å². The van der Waals surface area contributed by atoms with Gasteiger partial charge in [0.15, 0.2) is 0 Å². The van der Waals surface area contributed by atoms with E-state index in [0.717, 1.165) is 11.1 Å². The fourth-order valence-corrected chi connectivity index (χ4v) is 2.62. The number of anilines is 1. The first-order chi connectivity index (χ1) is 11.5. The number of carbonyl (C=O) groups excluding carboxylic acids is 1. The molecule has 24 heavy (non-hydrogen) atoms. The van der Waals surface area contributed by atoms with Gasteiger partial charge in [-0.1, -0.05) is 30.3 Å². The number of hydrogen-bond acceptors (Lipinski definition) is 3. The molecule has 1 aromatic heterocycles. The largest absolute Gasteiger partial charge is 0.478 e. The van der Waals surface area contributed by atoms with Crippen LogP contribution >= 0.6 is 0 Å². The fraction of sp³-hybridized carbons (Fsp3) is 0.105. The monoisotopic (exact) mass is 320 g/mol. The summed E-state index contributed by atoms with van der Waals surface area (Å²) < 4.78 is 0. The summed E-state index contributed by atoms with van der Waals surface area (Å²) >= 11 is 0. The SMILES string of the molecule is Cc1ccc2cccc(C(=O)Nc3c(C)cccc3C(=O)O)c2n1. The van der Waals surface area contributed by atoms with Crippen LogP contribution in [0.3, 0.4) is 0 Å². The van der Waals surface area contributed by atoms with Gasteiger partial charge in [-0.25, -0.2) is 4.79 Å². The Balaban J connectivity index is 2.06. The third kappa shape index (κ3) is 2.84.